The maximum absolute atomic E-state index is 12.6. The fourth-order valence-electron chi connectivity index (χ4n) is 3.81. The molecule has 4 N–H and O–H groups in total. The Labute approximate surface area is 184 Å². The summed E-state index contributed by atoms with van der Waals surface area (Å²) in [7, 11) is 0. The highest BCUT2D eigenvalue weighted by atomic mass is 16.2. The number of aromatic nitrogens is 2. The normalized spacial score (nSPS) is 11.9. The van der Waals surface area contributed by atoms with Crippen LogP contribution in [-0.4, -0.2) is 27.1 Å². The number of imidazole rings is 1. The maximum Gasteiger partial charge on any atom is 0.285 e. The Hall–Kier alpha value is -4.26. The fourth-order valence-corrected chi connectivity index (χ4v) is 3.81. The first-order valence-corrected chi connectivity index (χ1v) is 10.1. The maximum atomic E-state index is 12.6. The summed E-state index contributed by atoms with van der Waals surface area (Å²) in [6.07, 6.45) is 1.83. The summed E-state index contributed by atoms with van der Waals surface area (Å²) in [6.45, 7) is 0.332. The second-order valence-electron chi connectivity index (χ2n) is 7.63. The van der Waals surface area contributed by atoms with Gasteiger partial charge < -0.3 is 16.0 Å². The lowest BCUT2D eigenvalue weighted by molar-refractivity contribution is -0.136. The Morgan fingerprint density at radius 1 is 0.844 bits per heavy atom. The van der Waals surface area contributed by atoms with Gasteiger partial charge in [-0.2, -0.15) is 0 Å². The molecule has 0 aliphatic heterocycles. The number of rotatable bonds is 8. The molecule has 2 amide bonds. The van der Waals surface area contributed by atoms with Crippen molar-refractivity contribution in [1.29, 1.82) is 0 Å². The van der Waals surface area contributed by atoms with E-state index >= 15 is 0 Å². The molecular weight excluding hydrogens is 404 g/mol. The highest BCUT2D eigenvalue weighted by Gasteiger charge is 2.29. The zero-order valence-electron chi connectivity index (χ0n) is 17.3. The van der Waals surface area contributed by atoms with E-state index in [1.807, 2.05) is 72.8 Å². The van der Waals surface area contributed by atoms with Crippen molar-refractivity contribution in [3.05, 3.63) is 102 Å². The predicted molar refractivity (Wildman–Crippen MR) is 121 cm³/mol. The number of benzene rings is 3. The van der Waals surface area contributed by atoms with Crippen LogP contribution >= 0.6 is 0 Å². The second-order valence-corrected chi connectivity index (χ2v) is 7.63. The van der Waals surface area contributed by atoms with Gasteiger partial charge in [-0.3, -0.25) is 14.4 Å². The van der Waals surface area contributed by atoms with Gasteiger partial charge in [0, 0.05) is 12.7 Å². The minimum Gasteiger partial charge on any atom is -0.363 e. The van der Waals surface area contributed by atoms with Crippen molar-refractivity contribution in [3.8, 4) is 0 Å². The fraction of sp³-hybridized carbons (Fsp3) is 0.120. The topological polar surface area (TPSA) is 121 Å². The smallest absolute Gasteiger partial charge is 0.285 e. The third-order valence-corrected chi connectivity index (χ3v) is 5.38. The summed E-state index contributed by atoms with van der Waals surface area (Å²) in [5.41, 5.74) is 12.9. The zero-order chi connectivity index (χ0) is 22.7. The molecule has 7 nitrogen and oxygen atoms in total. The van der Waals surface area contributed by atoms with Gasteiger partial charge in [0.1, 0.15) is 0 Å². The van der Waals surface area contributed by atoms with Crippen molar-refractivity contribution in [3.63, 3.8) is 0 Å². The van der Waals surface area contributed by atoms with E-state index < -0.39 is 23.5 Å². The van der Waals surface area contributed by atoms with Gasteiger partial charge in [0.05, 0.1) is 11.6 Å². The summed E-state index contributed by atoms with van der Waals surface area (Å²) < 4.78 is 1.61. The number of fused-ring (bicyclic) bond motifs is 1. The van der Waals surface area contributed by atoms with Gasteiger partial charge in [0.25, 0.3) is 11.8 Å². The van der Waals surface area contributed by atoms with E-state index in [2.05, 4.69) is 4.98 Å². The monoisotopic (exact) mass is 426 g/mol. The number of Topliss-reactive ketones (excluding diaryl/α,β-unsaturated/α-hetero) is 1. The molecule has 7 heteroatoms. The van der Waals surface area contributed by atoms with Crippen molar-refractivity contribution in [2.24, 2.45) is 11.5 Å². The van der Waals surface area contributed by atoms with Crippen LogP contribution in [-0.2, 0) is 22.6 Å². The van der Waals surface area contributed by atoms with Crippen LogP contribution in [0.3, 0.4) is 0 Å². The Kier molecular flexibility index (Phi) is 5.81. The molecule has 0 radical (unpaired) electrons. The highest BCUT2D eigenvalue weighted by molar-refractivity contribution is 6.37. The molecule has 0 saturated carbocycles. The summed E-state index contributed by atoms with van der Waals surface area (Å²) >= 11 is 0. The largest absolute Gasteiger partial charge is 0.363 e. The van der Waals surface area contributed by atoms with Crippen LogP contribution in [0.1, 0.15) is 33.4 Å². The summed E-state index contributed by atoms with van der Waals surface area (Å²) in [6, 6.07) is 23.2. The van der Waals surface area contributed by atoms with Crippen LogP contribution in [0.5, 0.6) is 0 Å². The van der Waals surface area contributed by atoms with Crippen LogP contribution in [0.2, 0.25) is 0 Å². The molecule has 0 saturated heterocycles. The van der Waals surface area contributed by atoms with Gasteiger partial charge in [-0.1, -0.05) is 66.7 Å². The highest BCUT2D eigenvalue weighted by Crippen LogP contribution is 2.23. The van der Waals surface area contributed by atoms with Crippen molar-refractivity contribution in [1.82, 2.24) is 9.55 Å². The molecule has 3 aromatic carbocycles. The van der Waals surface area contributed by atoms with Gasteiger partial charge in [-0.25, -0.2) is 4.98 Å². The quantitative estimate of drug-likeness (QED) is 0.421. The van der Waals surface area contributed by atoms with Crippen LogP contribution in [0, 0.1) is 0 Å². The minimum absolute atomic E-state index is 0.0171. The van der Waals surface area contributed by atoms with E-state index in [0.717, 1.165) is 21.9 Å². The lowest BCUT2D eigenvalue weighted by Gasteiger charge is -2.12. The molecule has 1 unspecified atom stereocenters. The summed E-state index contributed by atoms with van der Waals surface area (Å²) in [4.78, 5) is 40.7. The lowest BCUT2D eigenvalue weighted by atomic mass is 9.92. The lowest BCUT2D eigenvalue weighted by Crippen LogP contribution is -2.30. The molecule has 0 spiro atoms. The number of carbonyl (C=O) groups is 3. The van der Waals surface area contributed by atoms with Gasteiger partial charge >= 0.3 is 0 Å². The molecule has 1 aromatic heterocycles. The van der Waals surface area contributed by atoms with Gasteiger partial charge in [-0.05, 0) is 34.4 Å². The van der Waals surface area contributed by atoms with E-state index in [1.54, 1.807) is 10.8 Å². The van der Waals surface area contributed by atoms with Gasteiger partial charge in [-0.15, -0.1) is 0 Å². The zero-order valence-corrected chi connectivity index (χ0v) is 17.3. The molecule has 4 rings (SSSR count). The molecule has 160 valence electrons. The number of carbonyl (C=O) groups excluding carboxylic acids is 3. The van der Waals surface area contributed by atoms with Crippen molar-refractivity contribution < 1.29 is 14.4 Å². The number of amides is 2. The third-order valence-electron chi connectivity index (χ3n) is 5.38. The molecule has 32 heavy (non-hydrogen) atoms. The Bertz CT molecular complexity index is 1310. The number of nitrogens with zero attached hydrogens (tertiary/aromatic N) is 2. The standard InChI is InChI=1S/C25H22N4O3/c26-23(31)22(30)20(13-16-6-2-1-3-7-16)21-15-29(25(28-21)24(27)32)14-17-10-11-18-8-4-5-9-19(18)12-17/h1-12,15,20H,13-14H2,(H2,26,31)(H2,27,32). The van der Waals surface area contributed by atoms with E-state index in [-0.39, 0.29) is 17.9 Å². The number of nitrogens with two attached hydrogens (primary N) is 2. The third kappa shape index (κ3) is 4.41. The molecule has 4 aromatic rings. The molecule has 0 aliphatic carbocycles. The first-order chi connectivity index (χ1) is 15.4. The van der Waals surface area contributed by atoms with Crippen LogP contribution < -0.4 is 11.5 Å². The summed E-state index contributed by atoms with van der Waals surface area (Å²) in [5.74, 6) is -3.42. The average Bonchev–Trinajstić information content (AvgIpc) is 3.21. The van der Waals surface area contributed by atoms with E-state index in [0.29, 0.717) is 6.54 Å². The number of hydrogen-bond donors (Lipinski definition) is 2. The minimum atomic E-state index is -1.05. The van der Waals surface area contributed by atoms with Gasteiger partial charge in [0.15, 0.2) is 5.82 Å². The average molecular weight is 426 g/mol. The first kappa shape index (κ1) is 21.0. The SMILES string of the molecule is NC(=O)C(=O)C(Cc1ccccc1)c1cn(Cc2ccc3ccccc3c2)c(C(N)=O)n1. The van der Waals surface area contributed by atoms with E-state index in [9.17, 15) is 14.4 Å². The van der Waals surface area contributed by atoms with Crippen molar-refractivity contribution in [2.75, 3.05) is 0 Å². The summed E-state index contributed by atoms with van der Waals surface area (Å²) in [5, 5.41) is 2.17. The molecule has 0 bridgehead atoms. The Morgan fingerprint density at radius 3 is 2.22 bits per heavy atom. The number of hydrogen-bond acceptors (Lipinski definition) is 4. The van der Waals surface area contributed by atoms with Crippen LogP contribution in [0.25, 0.3) is 10.8 Å². The van der Waals surface area contributed by atoms with Crippen molar-refractivity contribution >= 4 is 28.4 Å². The molecule has 1 atom stereocenters. The van der Waals surface area contributed by atoms with Crippen LogP contribution in [0.15, 0.2) is 79.0 Å². The van der Waals surface area contributed by atoms with E-state index in [1.165, 1.54) is 0 Å². The first-order valence-electron chi connectivity index (χ1n) is 10.1. The Balaban J connectivity index is 1.71. The predicted octanol–water partition coefficient (Wildman–Crippen LogP) is 2.56. The Morgan fingerprint density at radius 2 is 1.53 bits per heavy atom. The second kappa shape index (κ2) is 8.85. The van der Waals surface area contributed by atoms with Crippen molar-refractivity contribution in [2.45, 2.75) is 18.9 Å². The molecular formula is C25H22N4O3. The van der Waals surface area contributed by atoms with Gasteiger partial charge in [0.2, 0.25) is 5.78 Å². The number of ketones is 1. The molecule has 0 fully saturated rings. The van der Waals surface area contributed by atoms with E-state index in [4.69, 9.17) is 11.5 Å². The number of primary amides is 2. The van der Waals surface area contributed by atoms with Crippen LogP contribution in [0.4, 0.5) is 0 Å². The molecule has 1 heterocycles. The molecule has 0 aliphatic rings.